The van der Waals surface area contributed by atoms with Crippen molar-refractivity contribution in [3.8, 4) is 0 Å². The number of aliphatic carboxylic acids is 1. The van der Waals surface area contributed by atoms with Crippen LogP contribution in [0, 0.1) is 6.92 Å². The van der Waals surface area contributed by atoms with Crippen molar-refractivity contribution in [2.75, 3.05) is 0 Å². The van der Waals surface area contributed by atoms with Gasteiger partial charge in [0.2, 0.25) is 5.89 Å². The van der Waals surface area contributed by atoms with Crippen molar-refractivity contribution in [2.45, 2.75) is 13.3 Å². The quantitative estimate of drug-likeness (QED) is 0.702. The molecule has 0 bridgehead atoms. The molecule has 0 aliphatic rings. The van der Waals surface area contributed by atoms with E-state index in [2.05, 4.69) is 4.98 Å². The zero-order chi connectivity index (χ0) is 10.0. The monoisotopic (exact) mass is 185 g/mol. The smallest absolute Gasteiger partial charge is 0.358 e. The Morgan fingerprint density at radius 1 is 1.46 bits per heavy atom. The van der Waals surface area contributed by atoms with E-state index in [-0.39, 0.29) is 17.3 Å². The highest BCUT2D eigenvalue weighted by Crippen LogP contribution is 2.09. The van der Waals surface area contributed by atoms with Gasteiger partial charge in [0.25, 0.3) is 0 Å². The van der Waals surface area contributed by atoms with Crippen molar-refractivity contribution in [3.63, 3.8) is 0 Å². The maximum Gasteiger partial charge on any atom is 0.358 e. The molecule has 0 amide bonds. The predicted octanol–water partition coefficient (Wildman–Crippen LogP) is 0.308. The Balaban J connectivity index is 2.95. The van der Waals surface area contributed by atoms with E-state index in [0.29, 0.717) is 0 Å². The van der Waals surface area contributed by atoms with Crippen LogP contribution in [-0.4, -0.2) is 27.1 Å². The molecule has 0 aliphatic carbocycles. The Morgan fingerprint density at radius 2 is 2.08 bits per heavy atom. The normalized spacial score (nSPS) is 9.92. The van der Waals surface area contributed by atoms with Crippen LogP contribution in [0.25, 0.3) is 0 Å². The first-order valence-electron chi connectivity index (χ1n) is 3.42. The number of hydrogen-bond acceptors (Lipinski definition) is 4. The summed E-state index contributed by atoms with van der Waals surface area (Å²) < 4.78 is 4.81. The minimum Gasteiger partial charge on any atom is -0.481 e. The van der Waals surface area contributed by atoms with Gasteiger partial charge in [0.15, 0.2) is 5.69 Å². The lowest BCUT2D eigenvalue weighted by Gasteiger charge is -1.84. The van der Waals surface area contributed by atoms with Crippen molar-refractivity contribution in [2.24, 2.45) is 0 Å². The molecule has 1 aromatic rings. The average molecular weight is 185 g/mol. The van der Waals surface area contributed by atoms with Gasteiger partial charge in [0.1, 0.15) is 12.2 Å². The lowest BCUT2D eigenvalue weighted by Crippen LogP contribution is -2.02. The maximum absolute atomic E-state index is 10.5. The molecule has 70 valence electrons. The third-order valence-corrected chi connectivity index (χ3v) is 1.35. The zero-order valence-corrected chi connectivity index (χ0v) is 6.77. The molecule has 0 unspecified atom stereocenters. The van der Waals surface area contributed by atoms with Crippen LogP contribution < -0.4 is 0 Å². The Kier molecular flexibility index (Phi) is 2.32. The Morgan fingerprint density at radius 3 is 2.46 bits per heavy atom. The van der Waals surface area contributed by atoms with E-state index < -0.39 is 18.4 Å². The molecule has 1 aromatic heterocycles. The molecule has 0 fully saturated rings. The molecule has 0 atom stereocenters. The van der Waals surface area contributed by atoms with Crippen molar-refractivity contribution >= 4 is 11.9 Å². The van der Waals surface area contributed by atoms with Crippen LogP contribution in [-0.2, 0) is 11.2 Å². The summed E-state index contributed by atoms with van der Waals surface area (Å²) in [5.74, 6) is -2.32. The second-order valence-corrected chi connectivity index (χ2v) is 2.39. The molecule has 2 N–H and O–H groups in total. The van der Waals surface area contributed by atoms with Gasteiger partial charge in [-0.15, -0.1) is 0 Å². The summed E-state index contributed by atoms with van der Waals surface area (Å²) in [6.45, 7) is 1.42. The fourth-order valence-electron chi connectivity index (χ4n) is 0.855. The van der Waals surface area contributed by atoms with Gasteiger partial charge in [0, 0.05) is 0 Å². The van der Waals surface area contributed by atoms with Crippen molar-refractivity contribution in [1.82, 2.24) is 4.98 Å². The van der Waals surface area contributed by atoms with E-state index in [1.54, 1.807) is 0 Å². The molecule has 1 heterocycles. The van der Waals surface area contributed by atoms with Crippen molar-refractivity contribution in [1.29, 1.82) is 0 Å². The van der Waals surface area contributed by atoms with Crippen LogP contribution in [0.15, 0.2) is 4.42 Å². The first kappa shape index (κ1) is 9.24. The lowest BCUT2D eigenvalue weighted by atomic mass is 10.4. The number of carbonyl (C=O) groups is 2. The predicted molar refractivity (Wildman–Crippen MR) is 39.5 cm³/mol. The Bertz CT molecular complexity index is 354. The lowest BCUT2D eigenvalue weighted by molar-refractivity contribution is -0.136. The molecule has 0 saturated carbocycles. The number of oxazole rings is 1. The van der Waals surface area contributed by atoms with Crippen LogP contribution in [0.2, 0.25) is 0 Å². The van der Waals surface area contributed by atoms with Crippen LogP contribution >= 0.6 is 0 Å². The van der Waals surface area contributed by atoms with E-state index in [0.717, 1.165) is 0 Å². The molecule has 13 heavy (non-hydrogen) atoms. The maximum atomic E-state index is 10.5. The highest BCUT2D eigenvalue weighted by Gasteiger charge is 2.17. The number of rotatable bonds is 3. The standard InChI is InChI=1S/C7H7NO5/c1-3-6(7(11)12)8-4(13-3)2-5(9)10/h2H2,1H3,(H,9,10)(H,11,12). The molecule has 0 aliphatic heterocycles. The molecular weight excluding hydrogens is 178 g/mol. The molecule has 0 aromatic carbocycles. The third-order valence-electron chi connectivity index (χ3n) is 1.35. The number of carboxylic acid groups (broad SMARTS) is 2. The Hall–Kier alpha value is -1.85. The number of aryl methyl sites for hydroxylation is 1. The Labute approximate surface area is 72.8 Å². The van der Waals surface area contributed by atoms with Gasteiger partial charge < -0.3 is 14.6 Å². The van der Waals surface area contributed by atoms with E-state index in [1.165, 1.54) is 6.92 Å². The summed E-state index contributed by atoms with van der Waals surface area (Å²) in [6.07, 6.45) is -0.409. The SMILES string of the molecule is Cc1oc(CC(=O)O)nc1C(=O)O. The van der Waals surface area contributed by atoms with Crippen LogP contribution in [0.4, 0.5) is 0 Å². The molecule has 6 heteroatoms. The summed E-state index contributed by atoms with van der Waals surface area (Å²) >= 11 is 0. The number of hydrogen-bond donors (Lipinski definition) is 2. The number of aromatic nitrogens is 1. The fraction of sp³-hybridized carbons (Fsp3) is 0.286. The fourth-order valence-corrected chi connectivity index (χ4v) is 0.855. The molecule has 1 rings (SSSR count). The minimum atomic E-state index is -1.22. The highest BCUT2D eigenvalue weighted by molar-refractivity contribution is 5.86. The number of aromatic carboxylic acids is 1. The van der Waals surface area contributed by atoms with Gasteiger partial charge in [0.05, 0.1) is 0 Å². The first-order chi connectivity index (χ1) is 6.00. The first-order valence-corrected chi connectivity index (χ1v) is 3.42. The van der Waals surface area contributed by atoms with Crippen molar-refractivity contribution < 1.29 is 24.2 Å². The molecule has 0 spiro atoms. The van der Waals surface area contributed by atoms with Gasteiger partial charge in [-0.25, -0.2) is 9.78 Å². The highest BCUT2D eigenvalue weighted by atomic mass is 16.4. The third kappa shape index (κ3) is 2.05. The van der Waals surface area contributed by atoms with Gasteiger partial charge >= 0.3 is 11.9 Å². The summed E-state index contributed by atoms with van der Waals surface area (Å²) in [5, 5.41) is 16.9. The second-order valence-electron chi connectivity index (χ2n) is 2.39. The van der Waals surface area contributed by atoms with Crippen LogP contribution in [0.5, 0.6) is 0 Å². The van der Waals surface area contributed by atoms with Crippen LogP contribution in [0.3, 0.4) is 0 Å². The summed E-state index contributed by atoms with van der Waals surface area (Å²) in [7, 11) is 0. The molecule has 0 radical (unpaired) electrons. The topological polar surface area (TPSA) is 101 Å². The van der Waals surface area contributed by atoms with E-state index >= 15 is 0 Å². The number of nitrogens with zero attached hydrogens (tertiary/aromatic N) is 1. The molecule has 6 nitrogen and oxygen atoms in total. The van der Waals surface area contributed by atoms with E-state index in [9.17, 15) is 9.59 Å². The van der Waals surface area contributed by atoms with Crippen LogP contribution in [0.1, 0.15) is 22.1 Å². The average Bonchev–Trinajstić information content (AvgIpc) is 2.29. The van der Waals surface area contributed by atoms with Gasteiger partial charge in [-0.05, 0) is 6.92 Å². The van der Waals surface area contributed by atoms with E-state index in [1.807, 2.05) is 0 Å². The largest absolute Gasteiger partial charge is 0.481 e. The van der Waals surface area contributed by atoms with Gasteiger partial charge in [-0.3, -0.25) is 4.79 Å². The minimum absolute atomic E-state index is 0.0950. The molecule has 0 saturated heterocycles. The summed E-state index contributed by atoms with van der Waals surface area (Å²) in [5.41, 5.74) is -0.240. The summed E-state index contributed by atoms with van der Waals surface area (Å²) in [4.78, 5) is 24.2. The number of carboxylic acids is 2. The zero-order valence-electron chi connectivity index (χ0n) is 6.77. The summed E-state index contributed by atoms with van der Waals surface area (Å²) in [6, 6.07) is 0. The molecular formula is C7H7NO5. The van der Waals surface area contributed by atoms with E-state index in [4.69, 9.17) is 14.6 Å². The second kappa shape index (κ2) is 3.26. The van der Waals surface area contributed by atoms with Gasteiger partial charge in [-0.2, -0.15) is 0 Å². The van der Waals surface area contributed by atoms with Gasteiger partial charge in [-0.1, -0.05) is 0 Å². The van der Waals surface area contributed by atoms with Crippen molar-refractivity contribution in [3.05, 3.63) is 17.3 Å².